The van der Waals surface area contributed by atoms with Crippen LogP contribution in [0.5, 0.6) is 0 Å². The Labute approximate surface area is 141 Å². The summed E-state index contributed by atoms with van der Waals surface area (Å²) in [5.41, 5.74) is 0.871. The Morgan fingerprint density at radius 2 is 1.70 bits per heavy atom. The molecule has 1 amide bonds. The quantitative estimate of drug-likeness (QED) is 0.814. The first-order valence-corrected chi connectivity index (χ1v) is 10.0. The van der Waals surface area contributed by atoms with E-state index in [4.69, 9.17) is 0 Å². The summed E-state index contributed by atoms with van der Waals surface area (Å²) in [5.74, 6) is 0.286. The Balaban J connectivity index is 1.90. The van der Waals surface area contributed by atoms with Crippen LogP contribution in [0.4, 0.5) is 0 Å². The van der Waals surface area contributed by atoms with Gasteiger partial charge in [0.25, 0.3) is 0 Å². The summed E-state index contributed by atoms with van der Waals surface area (Å²) in [6.07, 6.45) is 1.17. The third-order valence-corrected chi connectivity index (χ3v) is 5.44. The van der Waals surface area contributed by atoms with E-state index in [-0.39, 0.29) is 16.8 Å². The van der Waals surface area contributed by atoms with Crippen molar-refractivity contribution in [3.05, 3.63) is 60.2 Å². The van der Waals surface area contributed by atoms with Gasteiger partial charge in [-0.25, -0.2) is 8.42 Å². The van der Waals surface area contributed by atoms with E-state index in [1.54, 1.807) is 24.3 Å². The van der Waals surface area contributed by atoms with Gasteiger partial charge in [-0.3, -0.25) is 4.79 Å². The van der Waals surface area contributed by atoms with Crippen LogP contribution in [-0.2, 0) is 14.6 Å². The predicted octanol–water partition coefficient (Wildman–Crippen LogP) is 3.06. The summed E-state index contributed by atoms with van der Waals surface area (Å²) < 4.78 is 22.9. The molecule has 0 radical (unpaired) electrons. The number of benzene rings is 2. The molecule has 0 aliphatic carbocycles. The first kappa shape index (κ1) is 17.6. The highest BCUT2D eigenvalue weighted by Crippen LogP contribution is 2.19. The van der Waals surface area contributed by atoms with E-state index >= 15 is 0 Å². The molecule has 0 saturated heterocycles. The zero-order valence-corrected chi connectivity index (χ0v) is 14.7. The molecule has 2 aromatic rings. The minimum Gasteiger partial charge on any atom is -0.349 e. The first-order valence-electron chi connectivity index (χ1n) is 7.13. The molecule has 0 aliphatic heterocycles. The predicted molar refractivity (Wildman–Crippen MR) is 93.3 cm³/mol. The van der Waals surface area contributed by atoms with Gasteiger partial charge in [0, 0.05) is 11.2 Å². The summed E-state index contributed by atoms with van der Waals surface area (Å²) in [5, 5.41) is 2.92. The van der Waals surface area contributed by atoms with Crippen LogP contribution < -0.4 is 5.32 Å². The number of hydrogen-bond donors (Lipinski definition) is 1. The Kier molecular flexibility index (Phi) is 5.85. The van der Waals surface area contributed by atoms with Gasteiger partial charge in [-0.05, 0) is 36.8 Å². The molecule has 122 valence electrons. The van der Waals surface area contributed by atoms with Gasteiger partial charge >= 0.3 is 0 Å². The summed E-state index contributed by atoms with van der Waals surface area (Å²) in [6.45, 7) is 1.88. The van der Waals surface area contributed by atoms with Crippen LogP contribution in [0.15, 0.2) is 64.4 Å². The average Bonchev–Trinajstić information content (AvgIpc) is 2.53. The molecule has 23 heavy (non-hydrogen) atoms. The van der Waals surface area contributed by atoms with Gasteiger partial charge in [-0.2, -0.15) is 0 Å². The Morgan fingerprint density at radius 1 is 1.09 bits per heavy atom. The van der Waals surface area contributed by atoms with Crippen LogP contribution in [0.2, 0.25) is 0 Å². The zero-order valence-electron chi connectivity index (χ0n) is 13.0. The van der Waals surface area contributed by atoms with Gasteiger partial charge in [-0.1, -0.05) is 30.3 Å². The fraction of sp³-hybridized carbons (Fsp3) is 0.235. The largest absolute Gasteiger partial charge is 0.349 e. The smallest absolute Gasteiger partial charge is 0.230 e. The van der Waals surface area contributed by atoms with Crippen molar-refractivity contribution in [3.63, 3.8) is 0 Å². The molecule has 4 nitrogen and oxygen atoms in total. The normalized spacial score (nSPS) is 12.6. The molecule has 0 saturated carbocycles. The topological polar surface area (TPSA) is 63.2 Å². The monoisotopic (exact) mass is 349 g/mol. The highest BCUT2D eigenvalue weighted by atomic mass is 32.2. The Bertz CT molecular complexity index is 756. The number of carbonyl (C=O) groups is 1. The van der Waals surface area contributed by atoms with Gasteiger partial charge in [0.15, 0.2) is 9.84 Å². The van der Waals surface area contributed by atoms with E-state index < -0.39 is 9.84 Å². The minimum absolute atomic E-state index is 0.0569. The average molecular weight is 349 g/mol. The molecule has 0 spiro atoms. The summed E-state index contributed by atoms with van der Waals surface area (Å²) in [7, 11) is -3.20. The van der Waals surface area contributed by atoms with Crippen LogP contribution in [-0.4, -0.2) is 26.3 Å². The third-order valence-electron chi connectivity index (χ3n) is 3.30. The van der Waals surface area contributed by atoms with E-state index in [1.807, 2.05) is 37.3 Å². The van der Waals surface area contributed by atoms with Crippen molar-refractivity contribution >= 4 is 27.5 Å². The summed E-state index contributed by atoms with van der Waals surface area (Å²) in [4.78, 5) is 13.3. The molecular formula is C17H19NO3S2. The molecule has 1 atom stereocenters. The Morgan fingerprint density at radius 3 is 2.26 bits per heavy atom. The molecule has 0 aliphatic rings. The van der Waals surface area contributed by atoms with Crippen molar-refractivity contribution < 1.29 is 13.2 Å². The lowest BCUT2D eigenvalue weighted by Crippen LogP contribution is -2.28. The van der Waals surface area contributed by atoms with Gasteiger partial charge in [0.2, 0.25) is 5.91 Å². The van der Waals surface area contributed by atoms with Crippen molar-refractivity contribution in [3.8, 4) is 0 Å². The van der Waals surface area contributed by atoms with E-state index in [2.05, 4.69) is 5.32 Å². The Hall–Kier alpha value is -1.79. The first-order chi connectivity index (χ1) is 10.9. The van der Waals surface area contributed by atoms with Gasteiger partial charge in [0.1, 0.15) is 0 Å². The van der Waals surface area contributed by atoms with Crippen molar-refractivity contribution in [1.29, 1.82) is 0 Å². The molecule has 6 heteroatoms. The van der Waals surface area contributed by atoms with E-state index in [1.165, 1.54) is 18.0 Å². The number of rotatable bonds is 6. The zero-order chi connectivity index (χ0) is 16.9. The fourth-order valence-corrected chi connectivity index (χ4v) is 3.40. The van der Waals surface area contributed by atoms with E-state index in [0.29, 0.717) is 5.75 Å². The maximum absolute atomic E-state index is 12.0. The molecule has 1 N–H and O–H groups in total. The van der Waals surface area contributed by atoms with Gasteiger partial charge in [0.05, 0.1) is 16.7 Å². The molecule has 0 heterocycles. The van der Waals surface area contributed by atoms with Crippen molar-refractivity contribution in [1.82, 2.24) is 5.32 Å². The van der Waals surface area contributed by atoms with Crippen molar-refractivity contribution in [2.45, 2.75) is 22.8 Å². The number of sulfone groups is 1. The molecule has 0 aromatic heterocycles. The fourth-order valence-electron chi connectivity index (χ4n) is 2.04. The van der Waals surface area contributed by atoms with E-state index in [9.17, 15) is 13.2 Å². The van der Waals surface area contributed by atoms with Crippen molar-refractivity contribution in [2.75, 3.05) is 12.0 Å². The van der Waals surface area contributed by atoms with E-state index in [0.717, 1.165) is 10.5 Å². The second-order valence-electron chi connectivity index (χ2n) is 5.23. The maximum atomic E-state index is 12.0. The standard InChI is InChI=1S/C17H19NO3S2/c1-13(14-8-10-16(11-9-14)23(2,20)21)18-17(19)12-22-15-6-4-3-5-7-15/h3-11,13H,12H2,1-2H3,(H,18,19)/t13-/m0/s1. The minimum atomic E-state index is -3.20. The second kappa shape index (κ2) is 7.66. The number of carbonyl (C=O) groups excluding carboxylic acids is 1. The van der Waals surface area contributed by atoms with Crippen LogP contribution in [0.3, 0.4) is 0 Å². The summed E-state index contributed by atoms with van der Waals surface area (Å²) >= 11 is 1.48. The lowest BCUT2D eigenvalue weighted by molar-refractivity contribution is -0.119. The molecule has 2 rings (SSSR count). The lowest BCUT2D eigenvalue weighted by Gasteiger charge is -2.14. The number of hydrogen-bond acceptors (Lipinski definition) is 4. The maximum Gasteiger partial charge on any atom is 0.230 e. The van der Waals surface area contributed by atoms with Crippen LogP contribution in [0, 0.1) is 0 Å². The van der Waals surface area contributed by atoms with Crippen LogP contribution in [0.25, 0.3) is 0 Å². The van der Waals surface area contributed by atoms with Gasteiger partial charge < -0.3 is 5.32 Å². The molecular weight excluding hydrogens is 330 g/mol. The highest BCUT2D eigenvalue weighted by Gasteiger charge is 2.12. The molecule has 0 bridgehead atoms. The molecule has 0 unspecified atom stereocenters. The number of nitrogens with one attached hydrogen (secondary N) is 1. The van der Waals surface area contributed by atoms with Crippen LogP contribution >= 0.6 is 11.8 Å². The molecule has 0 fully saturated rings. The third kappa shape index (κ3) is 5.41. The number of amides is 1. The summed E-state index contributed by atoms with van der Waals surface area (Å²) in [6, 6.07) is 16.1. The molecule has 2 aromatic carbocycles. The van der Waals surface area contributed by atoms with Gasteiger partial charge in [-0.15, -0.1) is 11.8 Å². The van der Waals surface area contributed by atoms with Crippen molar-refractivity contribution in [2.24, 2.45) is 0 Å². The highest BCUT2D eigenvalue weighted by molar-refractivity contribution is 8.00. The number of thioether (sulfide) groups is 1. The van der Waals surface area contributed by atoms with Crippen LogP contribution in [0.1, 0.15) is 18.5 Å². The SMILES string of the molecule is C[C@H](NC(=O)CSc1ccccc1)c1ccc(S(C)(=O)=O)cc1. The second-order valence-corrected chi connectivity index (χ2v) is 8.30. The lowest BCUT2D eigenvalue weighted by atomic mass is 10.1.